The van der Waals surface area contributed by atoms with Gasteiger partial charge in [-0.2, -0.15) is 0 Å². The summed E-state index contributed by atoms with van der Waals surface area (Å²) >= 11 is 1.87. The summed E-state index contributed by atoms with van der Waals surface area (Å²) in [6.07, 6.45) is 2.74. The molecule has 2 nitrogen and oxygen atoms in total. The third kappa shape index (κ3) is 3.62. The van der Waals surface area contributed by atoms with Gasteiger partial charge >= 0.3 is 0 Å². The molecule has 1 saturated carbocycles. The van der Waals surface area contributed by atoms with E-state index in [2.05, 4.69) is 58.9 Å². The zero-order valence-electron chi connectivity index (χ0n) is 12.0. The lowest BCUT2D eigenvalue weighted by atomic mass is 10.2. The first-order valence-electron chi connectivity index (χ1n) is 7.39. The Bertz CT molecular complexity index is 532. The molecule has 1 heterocycles. The van der Waals surface area contributed by atoms with Crippen LogP contribution in [-0.2, 0) is 6.54 Å². The second kappa shape index (κ2) is 6.42. The summed E-state index contributed by atoms with van der Waals surface area (Å²) in [6, 6.07) is 13.7. The van der Waals surface area contributed by atoms with Crippen molar-refractivity contribution in [3.63, 3.8) is 0 Å². The van der Waals surface area contributed by atoms with Crippen molar-refractivity contribution in [2.45, 2.75) is 32.4 Å². The molecule has 0 amide bonds. The van der Waals surface area contributed by atoms with Crippen LogP contribution in [0.3, 0.4) is 0 Å². The number of hydrogen-bond donors (Lipinski definition) is 1. The summed E-state index contributed by atoms with van der Waals surface area (Å²) in [7, 11) is 0. The van der Waals surface area contributed by atoms with Crippen molar-refractivity contribution in [2.75, 3.05) is 18.4 Å². The minimum Gasteiger partial charge on any atom is -0.384 e. The first kappa shape index (κ1) is 13.7. The maximum atomic E-state index is 3.57. The molecule has 0 bridgehead atoms. The molecule has 0 radical (unpaired) electrons. The van der Waals surface area contributed by atoms with Gasteiger partial charge in [0, 0.05) is 36.2 Å². The standard InChI is InChI=1S/C17H22N2S/c1-14-5-2-3-7-17(14)18-10-11-19(15-8-9-15)13-16-6-4-12-20-16/h2-7,12,15,18H,8-11,13H2,1H3. The van der Waals surface area contributed by atoms with Gasteiger partial charge in [0.2, 0.25) is 0 Å². The SMILES string of the molecule is Cc1ccccc1NCCN(Cc1cccs1)C1CC1. The molecule has 1 aliphatic carbocycles. The summed E-state index contributed by atoms with van der Waals surface area (Å²) in [5, 5.41) is 5.74. The van der Waals surface area contributed by atoms with Gasteiger partial charge in [-0.25, -0.2) is 0 Å². The third-order valence-electron chi connectivity index (χ3n) is 3.86. The smallest absolute Gasteiger partial charge is 0.0370 e. The van der Waals surface area contributed by atoms with E-state index in [1.807, 2.05) is 11.3 Å². The number of nitrogens with one attached hydrogen (secondary N) is 1. The zero-order valence-corrected chi connectivity index (χ0v) is 12.8. The van der Waals surface area contributed by atoms with Gasteiger partial charge in [0.15, 0.2) is 0 Å². The number of para-hydroxylation sites is 1. The van der Waals surface area contributed by atoms with Gasteiger partial charge < -0.3 is 5.32 Å². The molecule has 0 aliphatic heterocycles. The molecule has 3 rings (SSSR count). The average Bonchev–Trinajstić information content (AvgIpc) is 3.18. The van der Waals surface area contributed by atoms with E-state index in [1.165, 1.54) is 29.0 Å². The Morgan fingerprint density at radius 1 is 1.20 bits per heavy atom. The van der Waals surface area contributed by atoms with E-state index in [9.17, 15) is 0 Å². The number of hydrogen-bond acceptors (Lipinski definition) is 3. The second-order valence-electron chi connectivity index (χ2n) is 5.52. The molecular formula is C17H22N2S. The number of benzene rings is 1. The van der Waals surface area contributed by atoms with Crippen molar-refractivity contribution in [1.82, 2.24) is 4.90 Å². The Morgan fingerprint density at radius 2 is 2.05 bits per heavy atom. The zero-order chi connectivity index (χ0) is 13.8. The minimum absolute atomic E-state index is 0.816. The highest BCUT2D eigenvalue weighted by atomic mass is 32.1. The number of nitrogens with zero attached hydrogens (tertiary/aromatic N) is 1. The maximum absolute atomic E-state index is 3.57. The molecular weight excluding hydrogens is 264 g/mol. The van der Waals surface area contributed by atoms with Crippen LogP contribution in [0, 0.1) is 6.92 Å². The molecule has 1 fully saturated rings. The molecule has 1 aliphatic rings. The van der Waals surface area contributed by atoms with Crippen molar-refractivity contribution in [2.24, 2.45) is 0 Å². The van der Waals surface area contributed by atoms with Gasteiger partial charge in [0.1, 0.15) is 0 Å². The average molecular weight is 286 g/mol. The van der Waals surface area contributed by atoms with Crippen LogP contribution >= 0.6 is 11.3 Å². The molecule has 0 saturated heterocycles. The fraction of sp³-hybridized carbons (Fsp3) is 0.412. The molecule has 0 atom stereocenters. The second-order valence-corrected chi connectivity index (χ2v) is 6.55. The Hall–Kier alpha value is -1.32. The van der Waals surface area contributed by atoms with E-state index >= 15 is 0 Å². The van der Waals surface area contributed by atoms with Gasteiger partial charge in [-0.1, -0.05) is 24.3 Å². The maximum Gasteiger partial charge on any atom is 0.0370 e. The highest BCUT2D eigenvalue weighted by molar-refractivity contribution is 7.09. The van der Waals surface area contributed by atoms with Gasteiger partial charge in [-0.15, -0.1) is 11.3 Å². The predicted molar refractivity (Wildman–Crippen MR) is 87.4 cm³/mol. The molecule has 1 aromatic carbocycles. The molecule has 1 N–H and O–H groups in total. The Morgan fingerprint density at radius 3 is 2.75 bits per heavy atom. The van der Waals surface area contributed by atoms with E-state index in [1.54, 1.807) is 0 Å². The van der Waals surface area contributed by atoms with E-state index in [0.717, 1.165) is 25.7 Å². The van der Waals surface area contributed by atoms with Crippen LogP contribution in [0.2, 0.25) is 0 Å². The fourth-order valence-electron chi connectivity index (χ4n) is 2.54. The van der Waals surface area contributed by atoms with E-state index in [4.69, 9.17) is 0 Å². The predicted octanol–water partition coefficient (Wildman–Crippen LogP) is 4.13. The molecule has 106 valence electrons. The number of thiophene rings is 1. The van der Waals surface area contributed by atoms with Gasteiger partial charge in [-0.05, 0) is 42.8 Å². The van der Waals surface area contributed by atoms with Crippen LogP contribution in [0.25, 0.3) is 0 Å². The summed E-state index contributed by atoms with van der Waals surface area (Å²) < 4.78 is 0. The minimum atomic E-state index is 0.816. The van der Waals surface area contributed by atoms with E-state index < -0.39 is 0 Å². The largest absolute Gasteiger partial charge is 0.384 e. The highest BCUT2D eigenvalue weighted by Gasteiger charge is 2.28. The molecule has 20 heavy (non-hydrogen) atoms. The molecule has 0 spiro atoms. The van der Waals surface area contributed by atoms with Crippen molar-refractivity contribution >= 4 is 17.0 Å². The monoisotopic (exact) mass is 286 g/mol. The lowest BCUT2D eigenvalue weighted by molar-refractivity contribution is 0.267. The van der Waals surface area contributed by atoms with Gasteiger partial charge in [-0.3, -0.25) is 4.90 Å². The molecule has 3 heteroatoms. The number of anilines is 1. The molecule has 0 unspecified atom stereocenters. The summed E-state index contributed by atoms with van der Waals surface area (Å²) in [5.74, 6) is 0. The summed E-state index contributed by atoms with van der Waals surface area (Å²) in [6.45, 7) is 5.41. The topological polar surface area (TPSA) is 15.3 Å². The Kier molecular flexibility index (Phi) is 4.38. The van der Waals surface area contributed by atoms with Gasteiger partial charge in [0.25, 0.3) is 0 Å². The quantitative estimate of drug-likeness (QED) is 0.823. The van der Waals surface area contributed by atoms with Crippen LogP contribution in [0.5, 0.6) is 0 Å². The first-order valence-corrected chi connectivity index (χ1v) is 8.27. The van der Waals surface area contributed by atoms with Crippen LogP contribution in [0.15, 0.2) is 41.8 Å². The van der Waals surface area contributed by atoms with Crippen LogP contribution < -0.4 is 5.32 Å². The number of rotatable bonds is 7. The lowest BCUT2D eigenvalue weighted by Gasteiger charge is -2.22. The molecule has 2 aromatic rings. The van der Waals surface area contributed by atoms with Crippen LogP contribution in [0.1, 0.15) is 23.3 Å². The molecule has 1 aromatic heterocycles. The van der Waals surface area contributed by atoms with Crippen molar-refractivity contribution in [3.05, 3.63) is 52.2 Å². The van der Waals surface area contributed by atoms with E-state index in [0.29, 0.717) is 0 Å². The van der Waals surface area contributed by atoms with E-state index in [-0.39, 0.29) is 0 Å². The van der Waals surface area contributed by atoms with Gasteiger partial charge in [0.05, 0.1) is 0 Å². The third-order valence-corrected chi connectivity index (χ3v) is 4.72. The lowest BCUT2D eigenvalue weighted by Crippen LogP contribution is -2.30. The fourth-order valence-corrected chi connectivity index (χ4v) is 3.27. The van der Waals surface area contributed by atoms with Crippen molar-refractivity contribution < 1.29 is 0 Å². The van der Waals surface area contributed by atoms with Crippen molar-refractivity contribution in [3.8, 4) is 0 Å². The normalized spacial score (nSPS) is 14.7. The van der Waals surface area contributed by atoms with Crippen LogP contribution in [0.4, 0.5) is 5.69 Å². The highest BCUT2D eigenvalue weighted by Crippen LogP contribution is 2.28. The number of aryl methyl sites for hydroxylation is 1. The Balaban J connectivity index is 1.51. The summed E-state index contributed by atoms with van der Waals surface area (Å²) in [4.78, 5) is 4.10. The first-order chi connectivity index (χ1) is 9.83. The van der Waals surface area contributed by atoms with Crippen molar-refractivity contribution in [1.29, 1.82) is 0 Å². The van der Waals surface area contributed by atoms with Crippen LogP contribution in [-0.4, -0.2) is 24.0 Å². The Labute approximate surface area is 125 Å². The summed E-state index contributed by atoms with van der Waals surface area (Å²) in [5.41, 5.74) is 2.59.